The van der Waals surface area contributed by atoms with Crippen LogP contribution in [0.2, 0.25) is 0 Å². The number of Topliss-reactive ketones (excluding diaryl/α,β-unsaturated/α-hetero) is 1. The summed E-state index contributed by atoms with van der Waals surface area (Å²) in [4.78, 5) is 71.4. The fourth-order valence-electron chi connectivity index (χ4n) is 7.98. The van der Waals surface area contributed by atoms with Gasteiger partial charge in [0.2, 0.25) is 11.7 Å². The van der Waals surface area contributed by atoms with Gasteiger partial charge >= 0.3 is 17.9 Å². The molecule has 0 spiro atoms. The van der Waals surface area contributed by atoms with Crippen LogP contribution < -0.4 is 5.32 Å². The molecule has 4 rings (SSSR count). The fourth-order valence-corrected chi connectivity index (χ4v) is 7.98. The van der Waals surface area contributed by atoms with E-state index in [9.17, 15) is 39.0 Å². The highest BCUT2D eigenvalue weighted by molar-refractivity contribution is 6.01. The summed E-state index contributed by atoms with van der Waals surface area (Å²) >= 11 is 0. The van der Waals surface area contributed by atoms with E-state index in [1.807, 2.05) is 18.3 Å². The Kier molecular flexibility index (Phi) is 8.30. The van der Waals surface area contributed by atoms with E-state index in [0.29, 0.717) is 12.8 Å². The van der Waals surface area contributed by atoms with E-state index in [0.717, 1.165) is 12.0 Å². The van der Waals surface area contributed by atoms with Crippen LogP contribution in [-0.2, 0) is 33.5 Å². The number of ketones is 2. The first-order valence-electron chi connectivity index (χ1n) is 13.9. The molecule has 0 aromatic rings. The molecule has 0 aliphatic heterocycles. The first-order chi connectivity index (χ1) is 19.1. The maximum absolute atomic E-state index is 13.3. The number of carbonyl (C=O) groups is 6. The van der Waals surface area contributed by atoms with Crippen LogP contribution in [0.4, 0.5) is 0 Å². The number of carbonyl (C=O) groups excluding carboxylic acids is 4. The van der Waals surface area contributed by atoms with Crippen molar-refractivity contribution in [3.05, 3.63) is 23.8 Å². The van der Waals surface area contributed by atoms with Gasteiger partial charge in [-0.3, -0.25) is 24.0 Å². The summed E-state index contributed by atoms with van der Waals surface area (Å²) in [6.07, 6.45) is 4.74. The van der Waals surface area contributed by atoms with E-state index in [1.54, 1.807) is 19.1 Å². The van der Waals surface area contributed by atoms with Crippen LogP contribution in [0.15, 0.2) is 23.8 Å². The van der Waals surface area contributed by atoms with Gasteiger partial charge in [0.05, 0.1) is 18.9 Å². The molecule has 1 amide bonds. The highest BCUT2D eigenvalue weighted by Gasteiger charge is 2.68. The van der Waals surface area contributed by atoms with Crippen molar-refractivity contribution >= 4 is 35.4 Å². The number of allylic oxidation sites excluding steroid dienone is 4. The van der Waals surface area contributed by atoms with Crippen LogP contribution in [-0.4, -0.2) is 80.2 Å². The molecule has 224 valence electrons. The normalized spacial score (nSPS) is 36.2. The van der Waals surface area contributed by atoms with Crippen LogP contribution in [0.25, 0.3) is 0 Å². The predicted octanol–water partition coefficient (Wildman–Crippen LogP) is 0.933. The van der Waals surface area contributed by atoms with Crippen molar-refractivity contribution in [1.29, 1.82) is 0 Å². The number of amides is 1. The second-order valence-corrected chi connectivity index (χ2v) is 12.3. The average molecular weight is 576 g/mol. The Balaban J connectivity index is 1.37. The summed E-state index contributed by atoms with van der Waals surface area (Å²) in [7, 11) is 0. The zero-order chi connectivity index (χ0) is 30.3. The van der Waals surface area contributed by atoms with Crippen molar-refractivity contribution in [2.45, 2.75) is 83.0 Å². The molecule has 0 bridgehead atoms. The number of aliphatic carboxylic acids is 2. The van der Waals surface area contributed by atoms with Gasteiger partial charge in [0, 0.05) is 23.2 Å². The molecule has 8 atom stereocenters. The van der Waals surface area contributed by atoms with Gasteiger partial charge in [-0.2, -0.15) is 0 Å². The van der Waals surface area contributed by atoms with Gasteiger partial charge in [0.1, 0.15) is 11.6 Å². The third-order valence-corrected chi connectivity index (χ3v) is 10.0. The molecule has 4 aliphatic rings. The number of carboxylic acid groups (broad SMARTS) is 2. The Hall–Kier alpha value is -3.38. The van der Waals surface area contributed by atoms with E-state index >= 15 is 0 Å². The van der Waals surface area contributed by atoms with E-state index in [4.69, 9.17) is 14.9 Å². The Bertz CT molecular complexity index is 1220. The van der Waals surface area contributed by atoms with Crippen molar-refractivity contribution in [2.75, 3.05) is 6.61 Å². The lowest BCUT2D eigenvalue weighted by Crippen LogP contribution is -2.61. The average Bonchev–Trinajstić information content (AvgIpc) is 3.16. The molecule has 0 aromatic heterocycles. The summed E-state index contributed by atoms with van der Waals surface area (Å²) in [6.45, 7) is 3.11. The van der Waals surface area contributed by atoms with Crippen molar-refractivity contribution in [3.63, 3.8) is 0 Å². The smallest absolute Gasteiger partial charge is 0.326 e. The zero-order valence-electron chi connectivity index (χ0n) is 23.1. The first kappa shape index (κ1) is 30.6. The van der Waals surface area contributed by atoms with Crippen LogP contribution in [0.5, 0.6) is 0 Å². The van der Waals surface area contributed by atoms with Crippen LogP contribution >= 0.6 is 0 Å². The minimum Gasteiger partial charge on any atom is -0.481 e. The fraction of sp³-hybridized carbons (Fsp3) is 0.655. The summed E-state index contributed by atoms with van der Waals surface area (Å²) in [5, 5.41) is 42.9. The van der Waals surface area contributed by atoms with E-state index in [-0.39, 0.29) is 36.4 Å². The molecule has 0 radical (unpaired) electrons. The summed E-state index contributed by atoms with van der Waals surface area (Å²) in [5.41, 5.74) is -2.28. The number of aliphatic hydroxyl groups is 2. The van der Waals surface area contributed by atoms with Crippen LogP contribution in [0.1, 0.15) is 65.2 Å². The molecule has 0 aromatic carbocycles. The van der Waals surface area contributed by atoms with E-state index in [1.165, 1.54) is 0 Å². The van der Waals surface area contributed by atoms with Gasteiger partial charge in [-0.25, -0.2) is 4.79 Å². The molecule has 12 heteroatoms. The first-order valence-corrected chi connectivity index (χ1v) is 13.9. The lowest BCUT2D eigenvalue weighted by molar-refractivity contribution is -0.181. The monoisotopic (exact) mass is 575 g/mol. The van der Waals surface area contributed by atoms with Gasteiger partial charge in [0.15, 0.2) is 12.4 Å². The predicted molar refractivity (Wildman–Crippen MR) is 140 cm³/mol. The quantitative estimate of drug-likeness (QED) is 0.232. The second-order valence-electron chi connectivity index (χ2n) is 12.3. The highest BCUT2D eigenvalue weighted by atomic mass is 16.5. The van der Waals surface area contributed by atoms with Crippen molar-refractivity contribution < 1.29 is 53.9 Å². The zero-order valence-corrected chi connectivity index (χ0v) is 23.1. The van der Waals surface area contributed by atoms with Gasteiger partial charge in [-0.1, -0.05) is 25.5 Å². The van der Waals surface area contributed by atoms with Gasteiger partial charge in [0.25, 0.3) is 0 Å². The molecule has 5 N–H and O–H groups in total. The number of ether oxygens (including phenoxy) is 1. The SMILES string of the molecule is C[C@]12C=CC(=O)C=C1CC[C@@H]1[C@H]2[C@@H](O)C[C@@]2(C)[C@H]1CC[C@]2(O)C(=O)COC(=O)CCC(=O)N[C@H](CC(=O)O)C(=O)O. The standard InChI is InChI=1S/C29H37NO11/c1-27-9-7-16(31)11-15(27)3-4-17-18-8-10-29(40,28(18,2)13-20(32)25(17)27)21(33)14-41-24(37)6-5-22(34)30-19(26(38)39)12-23(35)36/h7,9,11,17-20,25,32,40H,3-6,8,10,12-14H2,1-2H3,(H,30,34)(H,35,36)(H,38,39)/t17-,18-,19+,20-,25-,27-,28-,29-/m0/s1. The molecule has 0 heterocycles. The molecular weight excluding hydrogens is 538 g/mol. The maximum Gasteiger partial charge on any atom is 0.326 e. The molecule has 12 nitrogen and oxygen atoms in total. The van der Waals surface area contributed by atoms with Gasteiger partial charge < -0.3 is 30.5 Å². The Morgan fingerprint density at radius 3 is 2.49 bits per heavy atom. The Morgan fingerprint density at radius 1 is 1.12 bits per heavy atom. The summed E-state index contributed by atoms with van der Waals surface area (Å²) < 4.78 is 5.05. The second kappa shape index (κ2) is 11.1. The maximum atomic E-state index is 13.3. The number of rotatable bonds is 10. The molecule has 3 fully saturated rings. The number of hydrogen-bond acceptors (Lipinski definition) is 9. The molecule has 41 heavy (non-hydrogen) atoms. The number of nitrogens with one attached hydrogen (secondary N) is 1. The van der Waals surface area contributed by atoms with Gasteiger partial charge in [-0.05, 0) is 56.1 Å². The molecule has 4 aliphatic carbocycles. The van der Waals surface area contributed by atoms with E-state index < -0.39 is 84.0 Å². The molecule has 0 saturated heterocycles. The Labute approximate surface area is 236 Å². The third-order valence-electron chi connectivity index (χ3n) is 10.0. The third kappa shape index (κ3) is 5.46. The number of fused-ring (bicyclic) bond motifs is 5. The number of carboxylic acids is 2. The molecular formula is C29H37NO11. The van der Waals surface area contributed by atoms with E-state index in [2.05, 4.69) is 0 Å². The van der Waals surface area contributed by atoms with Crippen LogP contribution in [0.3, 0.4) is 0 Å². The number of aliphatic hydroxyl groups excluding tert-OH is 1. The van der Waals surface area contributed by atoms with Crippen molar-refractivity contribution in [2.24, 2.45) is 28.6 Å². The lowest BCUT2D eigenvalue weighted by atomic mass is 9.46. The summed E-state index contributed by atoms with van der Waals surface area (Å²) in [6, 6.07) is -1.65. The Morgan fingerprint density at radius 2 is 1.83 bits per heavy atom. The largest absolute Gasteiger partial charge is 0.481 e. The van der Waals surface area contributed by atoms with Crippen LogP contribution in [0, 0.1) is 28.6 Å². The van der Waals surface area contributed by atoms with Crippen molar-refractivity contribution in [3.8, 4) is 0 Å². The molecule has 3 saturated carbocycles. The topological polar surface area (TPSA) is 205 Å². The lowest BCUT2D eigenvalue weighted by Gasteiger charge is -2.59. The summed E-state index contributed by atoms with van der Waals surface area (Å²) in [5.74, 6) is -5.70. The highest BCUT2D eigenvalue weighted by Crippen LogP contribution is 2.67. The van der Waals surface area contributed by atoms with Crippen molar-refractivity contribution in [1.82, 2.24) is 5.32 Å². The van der Waals surface area contributed by atoms with Gasteiger partial charge in [-0.15, -0.1) is 0 Å². The number of hydrogen-bond donors (Lipinski definition) is 5. The minimum absolute atomic E-state index is 0.0161. The minimum atomic E-state index is -1.83. The molecule has 0 unspecified atom stereocenters. The number of esters is 1.